The normalized spacial score (nSPS) is 10.5. The number of benzene rings is 2. The van der Waals surface area contributed by atoms with Crippen LogP contribution in [0.4, 0.5) is 10.1 Å². The van der Waals surface area contributed by atoms with Crippen LogP contribution in [0, 0.1) is 5.82 Å². The van der Waals surface area contributed by atoms with Gasteiger partial charge in [-0.15, -0.1) is 0 Å². The van der Waals surface area contributed by atoms with Crippen LogP contribution in [-0.2, 0) is 6.54 Å². The molecule has 1 heterocycles. The maximum Gasteiger partial charge on any atom is 0.291 e. The Balaban J connectivity index is 1.59. The smallest absolute Gasteiger partial charge is 0.291 e. The zero-order valence-electron chi connectivity index (χ0n) is 13.8. The fraction of sp³-hybridized carbons (Fsp3) is 0.0526. The van der Waals surface area contributed by atoms with E-state index in [0.29, 0.717) is 5.69 Å². The number of carbonyl (C=O) groups excluding carboxylic acids is 2. The molecule has 0 unspecified atom stereocenters. The first-order valence-corrected chi connectivity index (χ1v) is 8.56. The zero-order valence-corrected chi connectivity index (χ0v) is 15.3. The van der Waals surface area contributed by atoms with Gasteiger partial charge in [-0.3, -0.25) is 9.59 Å². The third kappa shape index (κ3) is 4.67. The highest BCUT2D eigenvalue weighted by Crippen LogP contribution is 2.24. The molecule has 27 heavy (non-hydrogen) atoms. The van der Waals surface area contributed by atoms with Crippen molar-refractivity contribution >= 4 is 40.7 Å². The number of hydrogen-bond acceptors (Lipinski definition) is 3. The zero-order chi connectivity index (χ0) is 19.4. The highest BCUT2D eigenvalue weighted by atomic mass is 35.5. The molecule has 0 atom stereocenters. The molecule has 0 saturated carbocycles. The summed E-state index contributed by atoms with van der Waals surface area (Å²) < 4.78 is 18.5. The van der Waals surface area contributed by atoms with E-state index in [4.69, 9.17) is 27.6 Å². The molecule has 1 aromatic heterocycles. The summed E-state index contributed by atoms with van der Waals surface area (Å²) in [5.74, 6) is -1.40. The molecule has 3 rings (SSSR count). The number of hydrogen-bond donors (Lipinski definition) is 2. The van der Waals surface area contributed by atoms with E-state index in [9.17, 15) is 14.0 Å². The Morgan fingerprint density at radius 1 is 1.00 bits per heavy atom. The molecule has 5 nitrogen and oxygen atoms in total. The fourth-order valence-electron chi connectivity index (χ4n) is 2.28. The van der Waals surface area contributed by atoms with Crippen LogP contribution in [0.2, 0.25) is 10.0 Å². The summed E-state index contributed by atoms with van der Waals surface area (Å²) in [5, 5.41) is 5.25. The lowest BCUT2D eigenvalue weighted by Gasteiger charge is -2.09. The van der Waals surface area contributed by atoms with Crippen molar-refractivity contribution in [1.82, 2.24) is 5.32 Å². The largest absolute Gasteiger partial charge is 0.459 e. The Bertz CT molecular complexity index is 973. The van der Waals surface area contributed by atoms with Crippen molar-refractivity contribution in [3.8, 4) is 0 Å². The third-order valence-corrected chi connectivity index (χ3v) is 4.27. The monoisotopic (exact) mass is 406 g/mol. The first kappa shape index (κ1) is 18.9. The molecule has 2 aromatic carbocycles. The van der Waals surface area contributed by atoms with Crippen LogP contribution in [0.15, 0.2) is 59.2 Å². The van der Waals surface area contributed by atoms with E-state index in [2.05, 4.69) is 10.6 Å². The predicted molar refractivity (Wildman–Crippen MR) is 101 cm³/mol. The summed E-state index contributed by atoms with van der Waals surface area (Å²) in [6.45, 7) is 0.200. The van der Waals surface area contributed by atoms with E-state index in [0.717, 1.165) is 11.6 Å². The van der Waals surface area contributed by atoms with Crippen molar-refractivity contribution in [2.75, 3.05) is 5.32 Å². The molecule has 138 valence electrons. The molecule has 0 spiro atoms. The maximum atomic E-state index is 13.5. The summed E-state index contributed by atoms with van der Waals surface area (Å²) in [5.41, 5.74) is 1.36. The van der Waals surface area contributed by atoms with Gasteiger partial charge in [0.05, 0.1) is 21.9 Å². The molecule has 0 fully saturated rings. The number of anilines is 1. The predicted octanol–water partition coefficient (Wildman–Crippen LogP) is 4.91. The SMILES string of the molecule is O=C(Nc1ccc(CNC(=O)c2cc(F)c(Cl)cc2Cl)cc1)c1ccco1. The Hall–Kier alpha value is -2.83. The average molecular weight is 407 g/mol. The van der Waals surface area contributed by atoms with Gasteiger partial charge in [-0.05, 0) is 42.0 Å². The minimum absolute atomic E-state index is 0.000831. The molecule has 8 heteroatoms. The number of halogens is 3. The summed E-state index contributed by atoms with van der Waals surface area (Å²) in [6, 6.07) is 12.2. The molecular formula is C19H13Cl2FN2O3. The highest BCUT2D eigenvalue weighted by molar-refractivity contribution is 6.36. The standard InChI is InChI=1S/C19H13Cl2FN2O3/c20-14-9-15(21)16(22)8-13(14)18(25)23-10-11-3-5-12(6-4-11)24-19(26)17-2-1-7-27-17/h1-9H,10H2,(H,23,25)(H,24,26). The van der Waals surface area contributed by atoms with Crippen LogP contribution in [0.25, 0.3) is 0 Å². The molecule has 2 N–H and O–H groups in total. The molecule has 0 saturated heterocycles. The van der Waals surface area contributed by atoms with E-state index < -0.39 is 11.7 Å². The minimum atomic E-state index is -0.720. The molecule has 3 aromatic rings. The summed E-state index contributed by atoms with van der Waals surface area (Å²) in [4.78, 5) is 24.1. The van der Waals surface area contributed by atoms with Gasteiger partial charge in [-0.25, -0.2) is 4.39 Å². The van der Waals surface area contributed by atoms with E-state index in [1.807, 2.05) is 0 Å². The topological polar surface area (TPSA) is 71.3 Å². The highest BCUT2D eigenvalue weighted by Gasteiger charge is 2.14. The lowest BCUT2D eigenvalue weighted by molar-refractivity contribution is 0.0949. The number of carbonyl (C=O) groups is 2. The van der Waals surface area contributed by atoms with Crippen molar-refractivity contribution in [1.29, 1.82) is 0 Å². The van der Waals surface area contributed by atoms with E-state index >= 15 is 0 Å². The Morgan fingerprint density at radius 3 is 2.41 bits per heavy atom. The van der Waals surface area contributed by atoms with Gasteiger partial charge in [-0.1, -0.05) is 35.3 Å². The van der Waals surface area contributed by atoms with Gasteiger partial charge in [0.15, 0.2) is 5.76 Å². The summed E-state index contributed by atoms with van der Waals surface area (Å²) in [6.07, 6.45) is 1.42. The van der Waals surface area contributed by atoms with Crippen LogP contribution in [0.5, 0.6) is 0 Å². The number of nitrogens with one attached hydrogen (secondary N) is 2. The van der Waals surface area contributed by atoms with Crippen molar-refractivity contribution in [3.05, 3.63) is 87.5 Å². The molecule has 2 amide bonds. The second kappa shape index (κ2) is 8.24. The van der Waals surface area contributed by atoms with Crippen LogP contribution in [-0.4, -0.2) is 11.8 Å². The molecule has 0 aliphatic rings. The lowest BCUT2D eigenvalue weighted by Crippen LogP contribution is -2.23. The minimum Gasteiger partial charge on any atom is -0.459 e. The van der Waals surface area contributed by atoms with Crippen LogP contribution < -0.4 is 10.6 Å². The number of amides is 2. The second-order valence-corrected chi connectivity index (χ2v) is 6.37. The van der Waals surface area contributed by atoms with Crippen LogP contribution >= 0.6 is 23.2 Å². The molecule has 0 radical (unpaired) electrons. The Labute approximate surface area is 164 Å². The van der Waals surface area contributed by atoms with Gasteiger partial charge >= 0.3 is 0 Å². The van der Waals surface area contributed by atoms with Crippen molar-refractivity contribution in [2.45, 2.75) is 6.54 Å². The van der Waals surface area contributed by atoms with Gasteiger partial charge in [0, 0.05) is 12.2 Å². The Kier molecular flexibility index (Phi) is 5.78. The lowest BCUT2D eigenvalue weighted by atomic mass is 10.1. The molecule has 0 bridgehead atoms. The van der Waals surface area contributed by atoms with Gasteiger partial charge < -0.3 is 15.1 Å². The maximum absolute atomic E-state index is 13.5. The first-order valence-electron chi connectivity index (χ1n) is 7.80. The van der Waals surface area contributed by atoms with Gasteiger partial charge in [0.2, 0.25) is 0 Å². The second-order valence-electron chi connectivity index (χ2n) is 5.56. The summed E-state index contributed by atoms with van der Waals surface area (Å²) >= 11 is 11.5. The van der Waals surface area contributed by atoms with Crippen LogP contribution in [0.1, 0.15) is 26.5 Å². The van der Waals surface area contributed by atoms with E-state index in [1.165, 1.54) is 12.3 Å². The van der Waals surface area contributed by atoms with Gasteiger partial charge in [0.1, 0.15) is 5.82 Å². The van der Waals surface area contributed by atoms with E-state index in [-0.39, 0.29) is 33.8 Å². The van der Waals surface area contributed by atoms with Crippen LogP contribution in [0.3, 0.4) is 0 Å². The average Bonchev–Trinajstić information content (AvgIpc) is 3.19. The van der Waals surface area contributed by atoms with E-state index in [1.54, 1.807) is 36.4 Å². The Morgan fingerprint density at radius 2 is 1.74 bits per heavy atom. The number of rotatable bonds is 5. The van der Waals surface area contributed by atoms with Gasteiger partial charge in [0.25, 0.3) is 11.8 Å². The quantitative estimate of drug-likeness (QED) is 0.591. The molecule has 0 aliphatic carbocycles. The van der Waals surface area contributed by atoms with Crippen molar-refractivity contribution < 1.29 is 18.4 Å². The summed E-state index contributed by atoms with van der Waals surface area (Å²) in [7, 11) is 0. The molecular weight excluding hydrogens is 394 g/mol. The molecule has 0 aliphatic heterocycles. The number of furan rings is 1. The first-order chi connectivity index (χ1) is 12.9. The van der Waals surface area contributed by atoms with Gasteiger partial charge in [-0.2, -0.15) is 0 Å². The fourth-order valence-corrected chi connectivity index (χ4v) is 2.75. The van der Waals surface area contributed by atoms with Crippen molar-refractivity contribution in [2.24, 2.45) is 0 Å². The van der Waals surface area contributed by atoms with Crippen molar-refractivity contribution in [3.63, 3.8) is 0 Å². The third-order valence-electron chi connectivity index (χ3n) is 3.66.